The quantitative estimate of drug-likeness (QED) is 0.681. The molecule has 0 unspecified atom stereocenters. The van der Waals surface area contributed by atoms with Gasteiger partial charge in [0.25, 0.3) is 5.91 Å². The summed E-state index contributed by atoms with van der Waals surface area (Å²) in [5.41, 5.74) is 4.58. The molecule has 1 atom stereocenters. The summed E-state index contributed by atoms with van der Waals surface area (Å²) in [4.78, 5) is 15.2. The lowest BCUT2D eigenvalue weighted by atomic mass is 9.91. The Morgan fingerprint density at radius 1 is 1.12 bits per heavy atom. The van der Waals surface area contributed by atoms with Crippen molar-refractivity contribution in [1.29, 1.82) is 0 Å². The highest BCUT2D eigenvalue weighted by molar-refractivity contribution is 5.98. The second-order valence-corrected chi connectivity index (χ2v) is 7.60. The number of carbonyl (C=O) groups excluding carboxylic acids is 1. The number of nitrogens with zero attached hydrogens (tertiary/aromatic N) is 2. The maximum atomic E-state index is 13.1. The Bertz CT molecular complexity index is 923. The van der Waals surface area contributed by atoms with Crippen molar-refractivity contribution < 1.29 is 4.79 Å². The minimum absolute atomic E-state index is 0.164. The minimum atomic E-state index is 0.164. The van der Waals surface area contributed by atoms with Gasteiger partial charge in [-0.15, -0.1) is 0 Å². The number of hydrogen-bond donors (Lipinski definition) is 0. The first-order valence-corrected chi connectivity index (χ1v) is 9.51. The third-order valence-electron chi connectivity index (χ3n) is 5.62. The second kappa shape index (κ2) is 6.99. The number of aromatic nitrogens is 1. The van der Waals surface area contributed by atoms with Crippen LogP contribution in [0.25, 0.3) is 10.9 Å². The lowest BCUT2D eigenvalue weighted by molar-refractivity contribution is 0.0664. The Morgan fingerprint density at radius 2 is 1.88 bits per heavy atom. The van der Waals surface area contributed by atoms with Crippen molar-refractivity contribution >= 4 is 16.8 Å². The van der Waals surface area contributed by atoms with Gasteiger partial charge in [0.1, 0.15) is 5.69 Å². The lowest BCUT2D eigenvalue weighted by Gasteiger charge is -2.33. The summed E-state index contributed by atoms with van der Waals surface area (Å²) >= 11 is 0. The summed E-state index contributed by atoms with van der Waals surface area (Å²) in [6.07, 6.45) is 3.35. The Hall–Kier alpha value is -2.55. The molecule has 1 saturated heterocycles. The molecule has 3 nitrogen and oxygen atoms in total. The number of amides is 1. The van der Waals surface area contributed by atoms with E-state index in [1.807, 2.05) is 29.8 Å². The van der Waals surface area contributed by atoms with E-state index < -0.39 is 0 Å². The summed E-state index contributed by atoms with van der Waals surface area (Å²) in [6.45, 7) is 3.84. The monoisotopic (exact) mass is 346 g/mol. The fourth-order valence-electron chi connectivity index (χ4n) is 4.13. The van der Waals surface area contributed by atoms with Crippen LogP contribution in [0, 0.1) is 12.8 Å². The number of rotatable bonds is 3. The molecule has 4 rings (SSSR count). The first-order chi connectivity index (χ1) is 12.6. The molecule has 1 aromatic heterocycles. The van der Waals surface area contributed by atoms with Gasteiger partial charge >= 0.3 is 0 Å². The van der Waals surface area contributed by atoms with Crippen LogP contribution < -0.4 is 0 Å². The average molecular weight is 346 g/mol. The molecule has 0 radical (unpaired) electrons. The highest BCUT2D eigenvalue weighted by atomic mass is 16.2. The predicted octanol–water partition coefficient (Wildman–Crippen LogP) is 4.58. The van der Waals surface area contributed by atoms with Crippen LogP contribution in [0.15, 0.2) is 54.6 Å². The predicted molar refractivity (Wildman–Crippen MR) is 106 cm³/mol. The molecule has 0 N–H and O–H groups in total. The molecule has 1 fully saturated rings. The van der Waals surface area contributed by atoms with Gasteiger partial charge in [0, 0.05) is 31.0 Å². The van der Waals surface area contributed by atoms with Gasteiger partial charge in [-0.05, 0) is 49.8 Å². The molecule has 3 heteroatoms. The zero-order valence-electron chi connectivity index (χ0n) is 15.6. The lowest BCUT2D eigenvalue weighted by Crippen LogP contribution is -2.41. The average Bonchev–Trinajstić information content (AvgIpc) is 3.00. The van der Waals surface area contributed by atoms with Crippen LogP contribution in [-0.4, -0.2) is 28.5 Å². The van der Waals surface area contributed by atoms with Gasteiger partial charge in [0.2, 0.25) is 0 Å². The fourth-order valence-corrected chi connectivity index (χ4v) is 4.13. The summed E-state index contributed by atoms with van der Waals surface area (Å²) in [5, 5.41) is 1.13. The number of likely N-dealkylation sites (tertiary alicyclic amines) is 1. The number of benzene rings is 2. The largest absolute Gasteiger partial charge is 0.340 e. The molecular formula is C23H26N2O. The van der Waals surface area contributed by atoms with Crippen molar-refractivity contribution in [1.82, 2.24) is 9.47 Å². The van der Waals surface area contributed by atoms with E-state index in [0.717, 1.165) is 42.5 Å². The van der Waals surface area contributed by atoms with Gasteiger partial charge in [-0.3, -0.25) is 4.79 Å². The molecule has 134 valence electrons. The molecule has 1 amide bonds. The molecule has 1 aliphatic rings. The van der Waals surface area contributed by atoms with Crippen LogP contribution in [0.2, 0.25) is 0 Å². The van der Waals surface area contributed by atoms with Gasteiger partial charge < -0.3 is 9.47 Å². The van der Waals surface area contributed by atoms with Crippen LogP contribution in [0.1, 0.15) is 34.5 Å². The van der Waals surface area contributed by atoms with Crippen LogP contribution >= 0.6 is 0 Å². The summed E-state index contributed by atoms with van der Waals surface area (Å²) < 4.78 is 2.03. The number of fused-ring (bicyclic) bond motifs is 1. The number of para-hydroxylation sites is 1. The first kappa shape index (κ1) is 16.9. The van der Waals surface area contributed by atoms with Gasteiger partial charge in [-0.2, -0.15) is 0 Å². The Balaban J connectivity index is 1.50. The fraction of sp³-hybridized carbons (Fsp3) is 0.348. The van der Waals surface area contributed by atoms with E-state index in [-0.39, 0.29) is 5.91 Å². The highest BCUT2D eigenvalue weighted by Gasteiger charge is 2.26. The molecule has 0 bridgehead atoms. The Morgan fingerprint density at radius 3 is 2.65 bits per heavy atom. The zero-order chi connectivity index (χ0) is 18.1. The molecule has 0 saturated carbocycles. The van der Waals surface area contributed by atoms with Gasteiger partial charge in [0.05, 0.1) is 0 Å². The van der Waals surface area contributed by atoms with Gasteiger partial charge in [0.15, 0.2) is 0 Å². The van der Waals surface area contributed by atoms with Crippen LogP contribution in [0.4, 0.5) is 0 Å². The highest BCUT2D eigenvalue weighted by Crippen LogP contribution is 2.25. The second-order valence-electron chi connectivity index (χ2n) is 7.60. The molecule has 26 heavy (non-hydrogen) atoms. The van der Waals surface area contributed by atoms with Crippen molar-refractivity contribution in [3.8, 4) is 0 Å². The number of piperidine rings is 1. The molecule has 1 aliphatic heterocycles. The third-order valence-corrected chi connectivity index (χ3v) is 5.62. The first-order valence-electron chi connectivity index (χ1n) is 9.51. The summed E-state index contributed by atoms with van der Waals surface area (Å²) in [5.74, 6) is 0.711. The van der Waals surface area contributed by atoms with E-state index in [1.54, 1.807) is 0 Å². The maximum Gasteiger partial charge on any atom is 0.270 e. The van der Waals surface area contributed by atoms with Crippen molar-refractivity contribution in [2.24, 2.45) is 13.0 Å². The van der Waals surface area contributed by atoms with Crippen LogP contribution in [0.3, 0.4) is 0 Å². The molecular weight excluding hydrogens is 320 g/mol. The smallest absolute Gasteiger partial charge is 0.270 e. The van der Waals surface area contributed by atoms with E-state index in [0.29, 0.717) is 5.92 Å². The molecule has 3 aromatic rings. The van der Waals surface area contributed by atoms with E-state index >= 15 is 0 Å². The van der Waals surface area contributed by atoms with E-state index in [9.17, 15) is 4.79 Å². The van der Waals surface area contributed by atoms with Gasteiger partial charge in [-0.25, -0.2) is 0 Å². The molecule has 0 aliphatic carbocycles. The van der Waals surface area contributed by atoms with Crippen molar-refractivity contribution in [3.63, 3.8) is 0 Å². The zero-order valence-corrected chi connectivity index (χ0v) is 15.6. The van der Waals surface area contributed by atoms with Crippen molar-refractivity contribution in [2.75, 3.05) is 13.1 Å². The van der Waals surface area contributed by atoms with Crippen LogP contribution in [-0.2, 0) is 13.5 Å². The summed E-state index contributed by atoms with van der Waals surface area (Å²) in [7, 11) is 1.99. The Labute approximate surface area is 155 Å². The number of carbonyl (C=O) groups is 1. The standard InChI is InChI=1S/C23H26N2O/c1-17-9-11-18(12-10-17)14-19-6-5-13-25(16-19)23(26)22-15-20-7-3-4-8-21(20)24(22)2/h3-4,7-12,15,19H,5-6,13-14,16H2,1-2H3/t19-/m0/s1. The van der Waals surface area contributed by atoms with E-state index in [2.05, 4.69) is 48.2 Å². The number of aryl methyl sites for hydroxylation is 2. The van der Waals surface area contributed by atoms with Crippen molar-refractivity contribution in [2.45, 2.75) is 26.2 Å². The molecule has 2 heterocycles. The third kappa shape index (κ3) is 3.26. The topological polar surface area (TPSA) is 25.2 Å². The Kier molecular flexibility index (Phi) is 4.54. The van der Waals surface area contributed by atoms with Crippen LogP contribution in [0.5, 0.6) is 0 Å². The van der Waals surface area contributed by atoms with Crippen molar-refractivity contribution in [3.05, 3.63) is 71.4 Å². The normalized spacial score (nSPS) is 17.6. The van der Waals surface area contributed by atoms with E-state index in [1.165, 1.54) is 17.5 Å². The maximum absolute atomic E-state index is 13.1. The van der Waals surface area contributed by atoms with E-state index in [4.69, 9.17) is 0 Å². The van der Waals surface area contributed by atoms with Gasteiger partial charge in [-0.1, -0.05) is 48.0 Å². The molecule has 2 aromatic carbocycles. The molecule has 0 spiro atoms. The summed E-state index contributed by atoms with van der Waals surface area (Å²) in [6, 6.07) is 19.0. The number of hydrogen-bond acceptors (Lipinski definition) is 1. The minimum Gasteiger partial charge on any atom is -0.340 e. The SMILES string of the molecule is Cc1ccc(C[C@@H]2CCCN(C(=O)c3cc4ccccc4n3C)C2)cc1.